The number of amides is 2. The van der Waals surface area contributed by atoms with Gasteiger partial charge in [-0.25, -0.2) is 9.18 Å². The summed E-state index contributed by atoms with van der Waals surface area (Å²) in [6.07, 6.45) is 5.48. The van der Waals surface area contributed by atoms with Crippen molar-refractivity contribution in [3.05, 3.63) is 65.5 Å². The monoisotopic (exact) mass is 525 g/mol. The molecular formula is C31H44FN3O3. The van der Waals surface area contributed by atoms with E-state index in [9.17, 15) is 9.18 Å². The van der Waals surface area contributed by atoms with Gasteiger partial charge in [0.1, 0.15) is 11.6 Å². The standard InChI is InChI=1S/C31H44FN3O3/c1-24(2)23-38-30-9-5-26(6-10-30)21-33-31(36)35(22-27-3-7-28(32)8-4-27)29-12-17-34(18-13-29)16-11-25-14-19-37-20-15-25/h3-10,24-25,29H,11-23H2,1-2H3,(H,33,36). The quantitative estimate of drug-likeness (QED) is 0.400. The fourth-order valence-electron chi connectivity index (χ4n) is 5.25. The highest BCUT2D eigenvalue weighted by Crippen LogP contribution is 2.23. The number of hydrogen-bond donors (Lipinski definition) is 1. The van der Waals surface area contributed by atoms with Gasteiger partial charge < -0.3 is 24.6 Å². The third-order valence-electron chi connectivity index (χ3n) is 7.67. The molecule has 4 rings (SSSR count). The van der Waals surface area contributed by atoms with Crippen LogP contribution >= 0.6 is 0 Å². The Morgan fingerprint density at radius 2 is 1.68 bits per heavy atom. The molecule has 38 heavy (non-hydrogen) atoms. The number of carbonyl (C=O) groups is 1. The van der Waals surface area contributed by atoms with Crippen LogP contribution in [0.4, 0.5) is 9.18 Å². The highest BCUT2D eigenvalue weighted by atomic mass is 19.1. The Morgan fingerprint density at radius 1 is 1.03 bits per heavy atom. The van der Waals surface area contributed by atoms with Gasteiger partial charge >= 0.3 is 6.03 Å². The second-order valence-corrected chi connectivity index (χ2v) is 11.2. The Hall–Kier alpha value is -2.64. The van der Waals surface area contributed by atoms with E-state index in [-0.39, 0.29) is 17.9 Å². The largest absolute Gasteiger partial charge is 0.493 e. The Bertz CT molecular complexity index is 969. The number of piperidine rings is 1. The molecule has 2 heterocycles. The van der Waals surface area contributed by atoms with E-state index >= 15 is 0 Å². The highest BCUT2D eigenvalue weighted by Gasteiger charge is 2.28. The Morgan fingerprint density at radius 3 is 2.34 bits per heavy atom. The van der Waals surface area contributed by atoms with Crippen molar-refractivity contribution in [2.75, 3.05) is 39.5 Å². The number of benzene rings is 2. The molecular weight excluding hydrogens is 481 g/mol. The summed E-state index contributed by atoms with van der Waals surface area (Å²) in [5.41, 5.74) is 1.97. The highest BCUT2D eigenvalue weighted by molar-refractivity contribution is 5.74. The molecule has 6 nitrogen and oxygen atoms in total. The van der Waals surface area contributed by atoms with Gasteiger partial charge in [0.2, 0.25) is 0 Å². The van der Waals surface area contributed by atoms with Crippen LogP contribution in [0.3, 0.4) is 0 Å². The maximum atomic E-state index is 13.5. The number of rotatable bonds is 11. The van der Waals surface area contributed by atoms with Gasteiger partial charge in [-0.2, -0.15) is 0 Å². The van der Waals surface area contributed by atoms with Crippen LogP contribution in [0, 0.1) is 17.7 Å². The first-order chi connectivity index (χ1) is 18.5. The van der Waals surface area contributed by atoms with Crippen LogP contribution in [0.25, 0.3) is 0 Å². The molecule has 0 bridgehead atoms. The van der Waals surface area contributed by atoms with E-state index in [1.165, 1.54) is 31.4 Å². The number of hydrogen-bond acceptors (Lipinski definition) is 4. The van der Waals surface area contributed by atoms with Crippen LogP contribution in [0.15, 0.2) is 48.5 Å². The molecule has 7 heteroatoms. The average molecular weight is 526 g/mol. The van der Waals surface area contributed by atoms with Crippen molar-refractivity contribution >= 4 is 6.03 Å². The SMILES string of the molecule is CC(C)COc1ccc(CNC(=O)N(Cc2ccc(F)cc2)C2CCN(CCC3CCOCC3)CC2)cc1. The van der Waals surface area contributed by atoms with Crippen LogP contribution in [0.1, 0.15) is 57.1 Å². The zero-order chi connectivity index (χ0) is 26.7. The molecule has 0 unspecified atom stereocenters. The Labute approximate surface area is 227 Å². The molecule has 208 valence electrons. The molecule has 0 aromatic heterocycles. The summed E-state index contributed by atoms with van der Waals surface area (Å²) in [7, 11) is 0. The molecule has 0 atom stereocenters. The molecule has 2 amide bonds. The van der Waals surface area contributed by atoms with Crippen molar-refractivity contribution in [2.24, 2.45) is 11.8 Å². The summed E-state index contributed by atoms with van der Waals surface area (Å²) in [4.78, 5) is 17.9. The van der Waals surface area contributed by atoms with Crippen molar-refractivity contribution < 1.29 is 18.7 Å². The predicted octanol–water partition coefficient (Wildman–Crippen LogP) is 5.85. The van der Waals surface area contributed by atoms with E-state index < -0.39 is 0 Å². The van der Waals surface area contributed by atoms with Gasteiger partial charge in [0.15, 0.2) is 0 Å². The van der Waals surface area contributed by atoms with Gasteiger partial charge in [0.25, 0.3) is 0 Å². The van der Waals surface area contributed by atoms with Gasteiger partial charge in [-0.15, -0.1) is 0 Å². The van der Waals surface area contributed by atoms with Gasteiger partial charge in [0, 0.05) is 45.4 Å². The first-order valence-electron chi connectivity index (χ1n) is 14.3. The number of ether oxygens (including phenoxy) is 2. The lowest BCUT2D eigenvalue weighted by atomic mass is 9.95. The number of likely N-dealkylation sites (tertiary alicyclic amines) is 1. The molecule has 2 saturated heterocycles. The molecule has 2 aromatic carbocycles. The molecule has 1 N–H and O–H groups in total. The summed E-state index contributed by atoms with van der Waals surface area (Å²) >= 11 is 0. The lowest BCUT2D eigenvalue weighted by Crippen LogP contribution is -2.50. The average Bonchev–Trinajstić information content (AvgIpc) is 2.95. The molecule has 2 fully saturated rings. The smallest absolute Gasteiger partial charge is 0.318 e. The van der Waals surface area contributed by atoms with Crippen LogP contribution in [-0.4, -0.2) is 61.3 Å². The zero-order valence-corrected chi connectivity index (χ0v) is 23.0. The van der Waals surface area contributed by atoms with Gasteiger partial charge in [-0.3, -0.25) is 0 Å². The fourth-order valence-corrected chi connectivity index (χ4v) is 5.25. The number of halogens is 1. The number of carbonyl (C=O) groups excluding carboxylic acids is 1. The summed E-state index contributed by atoms with van der Waals surface area (Å²) in [5.74, 6) is 1.83. The first kappa shape index (κ1) is 28.4. The topological polar surface area (TPSA) is 54.0 Å². The van der Waals surface area contributed by atoms with Gasteiger partial charge in [-0.1, -0.05) is 38.1 Å². The van der Waals surface area contributed by atoms with E-state index in [2.05, 4.69) is 24.1 Å². The third-order valence-corrected chi connectivity index (χ3v) is 7.67. The molecule has 0 saturated carbocycles. The van der Waals surface area contributed by atoms with Crippen LogP contribution < -0.4 is 10.1 Å². The summed E-state index contributed by atoms with van der Waals surface area (Å²) in [6, 6.07) is 14.5. The van der Waals surface area contributed by atoms with E-state index in [1.807, 2.05) is 29.2 Å². The normalized spacial score (nSPS) is 17.5. The van der Waals surface area contributed by atoms with Crippen LogP contribution in [-0.2, 0) is 17.8 Å². The summed E-state index contributed by atoms with van der Waals surface area (Å²) < 4.78 is 24.8. The lowest BCUT2D eigenvalue weighted by Gasteiger charge is -2.39. The van der Waals surface area contributed by atoms with Crippen molar-refractivity contribution in [1.82, 2.24) is 15.1 Å². The summed E-state index contributed by atoms with van der Waals surface area (Å²) in [5, 5.41) is 3.12. The van der Waals surface area contributed by atoms with Crippen molar-refractivity contribution in [3.63, 3.8) is 0 Å². The number of urea groups is 1. The maximum absolute atomic E-state index is 13.5. The van der Waals surface area contributed by atoms with E-state index in [0.717, 1.165) is 68.5 Å². The summed E-state index contributed by atoms with van der Waals surface area (Å²) in [6.45, 7) is 10.8. The van der Waals surface area contributed by atoms with E-state index in [1.54, 1.807) is 12.1 Å². The first-order valence-corrected chi connectivity index (χ1v) is 14.3. The van der Waals surface area contributed by atoms with Crippen LogP contribution in [0.2, 0.25) is 0 Å². The Balaban J connectivity index is 1.31. The molecule has 2 aromatic rings. The van der Waals surface area contributed by atoms with Gasteiger partial charge in [0.05, 0.1) is 6.61 Å². The molecule has 2 aliphatic rings. The van der Waals surface area contributed by atoms with E-state index in [4.69, 9.17) is 9.47 Å². The fraction of sp³-hybridized carbons (Fsp3) is 0.581. The molecule has 0 radical (unpaired) electrons. The van der Waals surface area contributed by atoms with Crippen molar-refractivity contribution in [1.29, 1.82) is 0 Å². The zero-order valence-electron chi connectivity index (χ0n) is 23.0. The number of nitrogens with zero attached hydrogens (tertiary/aromatic N) is 2. The minimum atomic E-state index is -0.261. The second-order valence-electron chi connectivity index (χ2n) is 11.2. The third kappa shape index (κ3) is 8.98. The predicted molar refractivity (Wildman–Crippen MR) is 149 cm³/mol. The molecule has 2 aliphatic heterocycles. The van der Waals surface area contributed by atoms with E-state index in [0.29, 0.717) is 25.6 Å². The second kappa shape index (κ2) is 14.5. The minimum absolute atomic E-state index is 0.0740. The lowest BCUT2D eigenvalue weighted by molar-refractivity contribution is 0.0566. The molecule has 0 spiro atoms. The van der Waals surface area contributed by atoms with Crippen LogP contribution in [0.5, 0.6) is 5.75 Å². The minimum Gasteiger partial charge on any atom is -0.493 e. The number of nitrogens with one attached hydrogen (secondary N) is 1. The van der Waals surface area contributed by atoms with Crippen molar-refractivity contribution in [3.8, 4) is 5.75 Å². The van der Waals surface area contributed by atoms with Gasteiger partial charge in [-0.05, 0) is 85.9 Å². The van der Waals surface area contributed by atoms with Crippen molar-refractivity contribution in [2.45, 2.75) is 65.1 Å². The Kier molecular flexibility index (Phi) is 10.8. The maximum Gasteiger partial charge on any atom is 0.318 e. The molecule has 0 aliphatic carbocycles.